The first-order chi connectivity index (χ1) is 7.50. The summed E-state index contributed by atoms with van der Waals surface area (Å²) < 4.78 is 0. The molecular weight excluding hydrogens is 220 g/mol. The Balaban J connectivity index is 2.51. The number of rotatable bonds is 5. The van der Waals surface area contributed by atoms with Gasteiger partial charge in [-0.15, -0.1) is 0 Å². The maximum absolute atomic E-state index is 12.0. The van der Waals surface area contributed by atoms with Crippen LogP contribution in [-0.2, 0) is 4.79 Å². The molecule has 2 atom stereocenters. The molecule has 0 aliphatic carbocycles. The van der Waals surface area contributed by atoms with Crippen LogP contribution in [0.1, 0.15) is 26.7 Å². The van der Waals surface area contributed by atoms with Gasteiger partial charge in [-0.3, -0.25) is 4.79 Å². The molecule has 1 amide bonds. The normalized spacial score (nSPS) is 22.4. The van der Waals surface area contributed by atoms with Crippen molar-refractivity contribution in [2.75, 3.05) is 25.6 Å². The number of carbonyl (C=O) groups excluding carboxylic acids is 1. The van der Waals surface area contributed by atoms with E-state index in [1.807, 2.05) is 25.9 Å². The van der Waals surface area contributed by atoms with E-state index < -0.39 is 0 Å². The first-order valence-electron chi connectivity index (χ1n) is 6.05. The number of hydrogen-bond donors (Lipinski definition) is 1. The van der Waals surface area contributed by atoms with E-state index in [2.05, 4.69) is 19.2 Å². The average molecular weight is 244 g/mol. The number of amides is 1. The highest BCUT2D eigenvalue weighted by Crippen LogP contribution is 2.19. The molecule has 1 aliphatic heterocycles. The van der Waals surface area contributed by atoms with Crippen molar-refractivity contribution in [2.45, 2.75) is 38.8 Å². The van der Waals surface area contributed by atoms with Crippen LogP contribution in [0.4, 0.5) is 0 Å². The van der Waals surface area contributed by atoms with Crippen LogP contribution in [-0.4, -0.2) is 48.5 Å². The second-order valence-corrected chi connectivity index (χ2v) is 6.29. The summed E-state index contributed by atoms with van der Waals surface area (Å²) in [6.07, 6.45) is 2.12. The largest absolute Gasteiger partial charge is 0.347 e. The summed E-state index contributed by atoms with van der Waals surface area (Å²) >= 11 is 1.98. The van der Waals surface area contributed by atoms with Crippen molar-refractivity contribution in [1.82, 2.24) is 10.2 Å². The Labute approximate surface area is 103 Å². The smallest absolute Gasteiger partial charge is 0.239 e. The standard InChI is InChI=1S/C12H24N2OS/c1-9(2)7-11(12(15)14(3)4)13-10-5-6-16-8-10/h9-11,13H,5-8H2,1-4H3. The van der Waals surface area contributed by atoms with Crippen molar-refractivity contribution in [3.8, 4) is 0 Å². The Morgan fingerprint density at radius 3 is 2.62 bits per heavy atom. The molecule has 0 aromatic rings. The van der Waals surface area contributed by atoms with Gasteiger partial charge in [-0.05, 0) is 24.5 Å². The fourth-order valence-electron chi connectivity index (χ4n) is 1.97. The molecule has 0 aromatic carbocycles. The van der Waals surface area contributed by atoms with E-state index in [0.29, 0.717) is 12.0 Å². The molecule has 1 N–H and O–H groups in total. The number of carbonyl (C=O) groups is 1. The van der Waals surface area contributed by atoms with Crippen molar-refractivity contribution in [3.05, 3.63) is 0 Å². The van der Waals surface area contributed by atoms with Crippen LogP contribution in [0.5, 0.6) is 0 Å². The predicted octanol–water partition coefficient (Wildman–Crippen LogP) is 1.58. The third kappa shape index (κ3) is 4.34. The highest BCUT2D eigenvalue weighted by Gasteiger charge is 2.25. The van der Waals surface area contributed by atoms with E-state index >= 15 is 0 Å². The van der Waals surface area contributed by atoms with Gasteiger partial charge >= 0.3 is 0 Å². The van der Waals surface area contributed by atoms with Crippen LogP contribution in [0.15, 0.2) is 0 Å². The van der Waals surface area contributed by atoms with Crippen molar-refractivity contribution >= 4 is 17.7 Å². The molecule has 1 saturated heterocycles. The summed E-state index contributed by atoms with van der Waals surface area (Å²) in [5, 5.41) is 3.52. The van der Waals surface area contributed by atoms with E-state index in [1.165, 1.54) is 12.2 Å². The minimum Gasteiger partial charge on any atom is -0.347 e. The second kappa shape index (κ2) is 6.50. The summed E-state index contributed by atoms with van der Waals surface area (Å²) in [5.41, 5.74) is 0. The molecule has 1 rings (SSSR count). The van der Waals surface area contributed by atoms with Crippen molar-refractivity contribution in [1.29, 1.82) is 0 Å². The molecule has 0 aromatic heterocycles. The maximum Gasteiger partial charge on any atom is 0.239 e. The lowest BCUT2D eigenvalue weighted by Crippen LogP contribution is -2.48. The van der Waals surface area contributed by atoms with Gasteiger partial charge in [0.1, 0.15) is 0 Å². The SMILES string of the molecule is CC(C)CC(NC1CCSC1)C(=O)N(C)C. The summed E-state index contributed by atoms with van der Waals surface area (Å²) in [6.45, 7) is 4.34. The monoisotopic (exact) mass is 244 g/mol. The van der Waals surface area contributed by atoms with Gasteiger partial charge in [0, 0.05) is 25.9 Å². The molecule has 2 unspecified atom stereocenters. The zero-order valence-electron chi connectivity index (χ0n) is 10.8. The molecule has 3 nitrogen and oxygen atoms in total. The van der Waals surface area contributed by atoms with E-state index in [-0.39, 0.29) is 11.9 Å². The van der Waals surface area contributed by atoms with Crippen molar-refractivity contribution < 1.29 is 4.79 Å². The van der Waals surface area contributed by atoms with Crippen LogP contribution in [0.25, 0.3) is 0 Å². The van der Waals surface area contributed by atoms with Crippen LogP contribution in [0.2, 0.25) is 0 Å². The highest BCUT2D eigenvalue weighted by molar-refractivity contribution is 7.99. The van der Waals surface area contributed by atoms with E-state index in [0.717, 1.165) is 12.2 Å². The Morgan fingerprint density at radius 2 is 2.19 bits per heavy atom. The van der Waals surface area contributed by atoms with Crippen LogP contribution >= 0.6 is 11.8 Å². The van der Waals surface area contributed by atoms with Crippen LogP contribution in [0.3, 0.4) is 0 Å². The van der Waals surface area contributed by atoms with Gasteiger partial charge in [0.25, 0.3) is 0 Å². The van der Waals surface area contributed by atoms with E-state index in [1.54, 1.807) is 4.90 Å². The van der Waals surface area contributed by atoms with Gasteiger partial charge in [-0.2, -0.15) is 11.8 Å². The molecule has 0 saturated carbocycles. The molecular formula is C12H24N2OS. The van der Waals surface area contributed by atoms with Crippen molar-refractivity contribution in [3.63, 3.8) is 0 Å². The van der Waals surface area contributed by atoms with Crippen molar-refractivity contribution in [2.24, 2.45) is 5.92 Å². The van der Waals surface area contributed by atoms with Gasteiger partial charge in [-0.25, -0.2) is 0 Å². The van der Waals surface area contributed by atoms with Crippen LogP contribution in [0, 0.1) is 5.92 Å². The lowest BCUT2D eigenvalue weighted by molar-refractivity contribution is -0.131. The third-order valence-corrected chi connectivity index (χ3v) is 3.97. The van der Waals surface area contributed by atoms with Gasteiger partial charge in [-0.1, -0.05) is 13.8 Å². The summed E-state index contributed by atoms with van der Waals surface area (Å²) in [7, 11) is 3.67. The fourth-order valence-corrected chi connectivity index (χ4v) is 3.14. The first-order valence-corrected chi connectivity index (χ1v) is 7.21. The van der Waals surface area contributed by atoms with E-state index in [9.17, 15) is 4.79 Å². The molecule has 94 valence electrons. The summed E-state index contributed by atoms with van der Waals surface area (Å²) in [4.78, 5) is 13.7. The topological polar surface area (TPSA) is 32.3 Å². The lowest BCUT2D eigenvalue weighted by Gasteiger charge is -2.26. The molecule has 1 fully saturated rings. The fraction of sp³-hybridized carbons (Fsp3) is 0.917. The molecule has 0 bridgehead atoms. The molecule has 1 heterocycles. The molecule has 4 heteroatoms. The zero-order chi connectivity index (χ0) is 12.1. The quantitative estimate of drug-likeness (QED) is 0.797. The van der Waals surface area contributed by atoms with Gasteiger partial charge in [0.2, 0.25) is 5.91 Å². The molecule has 0 radical (unpaired) electrons. The number of hydrogen-bond acceptors (Lipinski definition) is 3. The predicted molar refractivity (Wildman–Crippen MR) is 70.8 cm³/mol. The summed E-state index contributed by atoms with van der Waals surface area (Å²) in [5.74, 6) is 3.14. The van der Waals surface area contributed by atoms with Crippen LogP contribution < -0.4 is 5.32 Å². The maximum atomic E-state index is 12.0. The Morgan fingerprint density at radius 1 is 1.50 bits per heavy atom. The van der Waals surface area contributed by atoms with Gasteiger partial charge in [0.05, 0.1) is 6.04 Å². The minimum atomic E-state index is -0.00120. The highest BCUT2D eigenvalue weighted by atomic mass is 32.2. The Kier molecular flexibility index (Phi) is 5.62. The van der Waals surface area contributed by atoms with Gasteiger partial charge < -0.3 is 10.2 Å². The van der Waals surface area contributed by atoms with E-state index in [4.69, 9.17) is 0 Å². The van der Waals surface area contributed by atoms with Gasteiger partial charge in [0.15, 0.2) is 0 Å². The number of nitrogens with zero attached hydrogens (tertiary/aromatic N) is 1. The number of thioether (sulfide) groups is 1. The minimum absolute atomic E-state index is 0.00120. The Hall–Kier alpha value is -0.220. The lowest BCUT2D eigenvalue weighted by atomic mass is 10.0. The summed E-state index contributed by atoms with van der Waals surface area (Å²) in [6, 6.07) is 0.524. The zero-order valence-corrected chi connectivity index (χ0v) is 11.6. The average Bonchev–Trinajstić information content (AvgIpc) is 2.67. The number of nitrogens with one attached hydrogen (secondary N) is 1. The Bertz CT molecular complexity index is 225. The first kappa shape index (κ1) is 13.8. The number of likely N-dealkylation sites (N-methyl/N-ethyl adjacent to an activating group) is 1. The molecule has 16 heavy (non-hydrogen) atoms. The second-order valence-electron chi connectivity index (χ2n) is 5.14. The third-order valence-electron chi connectivity index (χ3n) is 2.81. The molecule has 1 aliphatic rings. The molecule has 0 spiro atoms.